The van der Waals surface area contributed by atoms with Gasteiger partial charge in [-0.25, -0.2) is 14.7 Å². The van der Waals surface area contributed by atoms with Crippen molar-refractivity contribution in [1.29, 1.82) is 0 Å². The van der Waals surface area contributed by atoms with Gasteiger partial charge in [-0.15, -0.1) is 0 Å². The number of thiocarbonyl (C=S) groups is 1. The predicted octanol–water partition coefficient (Wildman–Crippen LogP) is 3.14. The van der Waals surface area contributed by atoms with Gasteiger partial charge < -0.3 is 10.1 Å². The lowest BCUT2D eigenvalue weighted by atomic mass is 10.00. The fraction of sp³-hybridized carbons (Fsp3) is 0.333. The third kappa shape index (κ3) is 2.46. The van der Waals surface area contributed by atoms with Crippen molar-refractivity contribution in [1.82, 2.24) is 9.97 Å². The summed E-state index contributed by atoms with van der Waals surface area (Å²) in [7, 11) is 0. The number of anilines is 2. The van der Waals surface area contributed by atoms with Crippen molar-refractivity contribution in [2.45, 2.75) is 26.3 Å². The van der Waals surface area contributed by atoms with E-state index in [9.17, 15) is 4.79 Å². The van der Waals surface area contributed by atoms with E-state index in [1.807, 2.05) is 0 Å². The second kappa shape index (κ2) is 4.99. The molecule has 0 fully saturated rings. The highest BCUT2D eigenvalue weighted by atomic mass is 35.5. The summed E-state index contributed by atoms with van der Waals surface area (Å²) in [5.41, 5.74) is -0.315. The number of carbonyl (C=O) groups excluding carboxylic acids is 1. The highest BCUT2D eigenvalue weighted by Crippen LogP contribution is 2.36. The standard InChI is InChI=1S/C12H13ClN4O2S/c1-6(2)19-11(18)17-8-7(5-14-10(13)16-8)15-9(20)12(17,3)4/h5H,1H2,2-4H3,(H,15,20). The first-order valence-electron chi connectivity index (χ1n) is 5.75. The number of amides is 1. The van der Waals surface area contributed by atoms with Crippen molar-refractivity contribution >= 4 is 46.4 Å². The largest absolute Gasteiger partial charge is 0.421 e. The molecule has 1 aliphatic rings. The Balaban J connectivity index is 2.56. The molecule has 2 rings (SSSR count). The molecule has 0 aliphatic carbocycles. The predicted molar refractivity (Wildman–Crippen MR) is 81.1 cm³/mol. The first-order chi connectivity index (χ1) is 9.23. The van der Waals surface area contributed by atoms with Gasteiger partial charge in [0, 0.05) is 0 Å². The lowest BCUT2D eigenvalue weighted by Gasteiger charge is -2.41. The number of nitrogens with zero attached hydrogens (tertiary/aromatic N) is 3. The van der Waals surface area contributed by atoms with Crippen LogP contribution in [0.15, 0.2) is 18.5 Å². The maximum Gasteiger partial charge on any atom is 0.421 e. The minimum atomic E-state index is -0.813. The minimum absolute atomic E-state index is 0.0299. The van der Waals surface area contributed by atoms with Crippen LogP contribution < -0.4 is 10.2 Å². The van der Waals surface area contributed by atoms with Gasteiger partial charge in [0.15, 0.2) is 5.82 Å². The Morgan fingerprint density at radius 1 is 1.60 bits per heavy atom. The molecule has 6 nitrogen and oxygen atoms in total. The fourth-order valence-electron chi connectivity index (χ4n) is 1.76. The molecule has 0 atom stereocenters. The number of aromatic nitrogens is 2. The molecule has 0 bridgehead atoms. The van der Waals surface area contributed by atoms with Gasteiger partial charge in [0.2, 0.25) is 5.28 Å². The summed E-state index contributed by atoms with van der Waals surface area (Å²) in [6.45, 7) is 8.69. The first kappa shape index (κ1) is 14.7. The minimum Gasteiger partial charge on any atom is -0.415 e. The summed E-state index contributed by atoms with van der Waals surface area (Å²) in [6.07, 6.45) is 0.843. The molecule has 1 aliphatic heterocycles. The molecule has 0 saturated carbocycles. The van der Waals surface area contributed by atoms with Crippen molar-refractivity contribution in [3.05, 3.63) is 23.8 Å². The van der Waals surface area contributed by atoms with E-state index < -0.39 is 11.6 Å². The monoisotopic (exact) mass is 312 g/mol. The Kier molecular flexibility index (Phi) is 3.66. The number of halogens is 1. The first-order valence-corrected chi connectivity index (χ1v) is 6.53. The van der Waals surface area contributed by atoms with Crippen molar-refractivity contribution < 1.29 is 9.53 Å². The van der Waals surface area contributed by atoms with Gasteiger partial charge in [-0.3, -0.25) is 0 Å². The van der Waals surface area contributed by atoms with E-state index in [4.69, 9.17) is 28.6 Å². The van der Waals surface area contributed by atoms with Gasteiger partial charge in [0.25, 0.3) is 0 Å². The zero-order valence-corrected chi connectivity index (χ0v) is 12.8. The smallest absolute Gasteiger partial charge is 0.415 e. The number of hydrogen-bond donors (Lipinski definition) is 1. The second-order valence-electron chi connectivity index (χ2n) is 4.79. The van der Waals surface area contributed by atoms with Crippen molar-refractivity contribution in [3.63, 3.8) is 0 Å². The van der Waals surface area contributed by atoms with Crippen LogP contribution in [0.1, 0.15) is 20.8 Å². The van der Waals surface area contributed by atoms with E-state index in [1.165, 1.54) is 11.1 Å². The molecule has 1 N–H and O–H groups in total. The van der Waals surface area contributed by atoms with Crippen LogP contribution in [-0.2, 0) is 4.74 Å². The van der Waals surface area contributed by atoms with Crippen LogP contribution in [0, 0.1) is 0 Å². The van der Waals surface area contributed by atoms with E-state index in [2.05, 4.69) is 21.9 Å². The Labute approximate surface area is 126 Å². The number of hydrogen-bond acceptors (Lipinski definition) is 5. The van der Waals surface area contributed by atoms with E-state index in [-0.39, 0.29) is 11.0 Å². The van der Waals surface area contributed by atoms with Gasteiger partial charge in [0.1, 0.15) is 10.7 Å². The number of nitrogens with one attached hydrogen (secondary N) is 1. The summed E-state index contributed by atoms with van der Waals surface area (Å²) < 4.78 is 5.07. The Bertz CT molecular complexity index is 617. The summed E-state index contributed by atoms with van der Waals surface area (Å²) in [5, 5.41) is 3.02. The zero-order valence-electron chi connectivity index (χ0n) is 11.2. The van der Waals surface area contributed by atoms with Crippen LogP contribution in [0.2, 0.25) is 5.28 Å². The summed E-state index contributed by atoms with van der Waals surface area (Å²) in [4.78, 5) is 22.0. The molecular weight excluding hydrogens is 300 g/mol. The molecule has 0 unspecified atom stereocenters. The van der Waals surface area contributed by atoms with Gasteiger partial charge in [0.05, 0.1) is 17.5 Å². The van der Waals surface area contributed by atoms with Gasteiger partial charge >= 0.3 is 6.09 Å². The molecule has 1 amide bonds. The highest BCUT2D eigenvalue weighted by molar-refractivity contribution is 7.80. The Morgan fingerprint density at radius 3 is 2.85 bits per heavy atom. The van der Waals surface area contributed by atoms with E-state index in [1.54, 1.807) is 20.8 Å². The SMILES string of the molecule is C=C(C)OC(=O)N1c2nc(Cl)ncc2NC(=S)C1(C)C. The van der Waals surface area contributed by atoms with Crippen LogP contribution in [0.25, 0.3) is 0 Å². The van der Waals surface area contributed by atoms with E-state index in [0.29, 0.717) is 16.5 Å². The van der Waals surface area contributed by atoms with Crippen LogP contribution in [0.5, 0.6) is 0 Å². The fourth-order valence-corrected chi connectivity index (χ4v) is 2.09. The number of ether oxygens (including phenoxy) is 1. The van der Waals surface area contributed by atoms with Crippen molar-refractivity contribution in [3.8, 4) is 0 Å². The normalized spacial score (nSPS) is 16.2. The van der Waals surface area contributed by atoms with Crippen molar-refractivity contribution in [2.24, 2.45) is 0 Å². The Hall–Kier alpha value is -1.73. The van der Waals surface area contributed by atoms with Gasteiger partial charge in [-0.2, -0.15) is 4.98 Å². The maximum absolute atomic E-state index is 12.3. The van der Waals surface area contributed by atoms with Crippen LogP contribution in [0.4, 0.5) is 16.3 Å². The maximum atomic E-state index is 12.3. The average Bonchev–Trinajstić information content (AvgIpc) is 2.29. The third-order valence-electron chi connectivity index (χ3n) is 2.76. The summed E-state index contributed by atoms with van der Waals surface area (Å²) in [5.74, 6) is 0.590. The quantitative estimate of drug-likeness (QED) is 0.488. The molecule has 2 heterocycles. The van der Waals surface area contributed by atoms with Crippen LogP contribution in [-0.4, -0.2) is 26.6 Å². The number of carbonyl (C=O) groups is 1. The average molecular weight is 313 g/mol. The summed E-state index contributed by atoms with van der Waals surface area (Å²) >= 11 is 11.1. The molecule has 0 saturated heterocycles. The highest BCUT2D eigenvalue weighted by Gasteiger charge is 2.43. The molecule has 1 aromatic rings. The van der Waals surface area contributed by atoms with E-state index >= 15 is 0 Å². The lowest BCUT2D eigenvalue weighted by Crippen LogP contribution is -2.58. The van der Waals surface area contributed by atoms with E-state index in [0.717, 1.165) is 0 Å². The van der Waals surface area contributed by atoms with Gasteiger partial charge in [-0.05, 0) is 32.4 Å². The van der Waals surface area contributed by atoms with Crippen molar-refractivity contribution in [2.75, 3.05) is 10.2 Å². The second-order valence-corrected chi connectivity index (χ2v) is 5.54. The number of rotatable bonds is 1. The Morgan fingerprint density at radius 2 is 2.25 bits per heavy atom. The molecule has 106 valence electrons. The molecular formula is C12H13ClN4O2S. The summed E-state index contributed by atoms with van der Waals surface area (Å²) in [6, 6.07) is 0. The molecule has 8 heteroatoms. The topological polar surface area (TPSA) is 67.3 Å². The van der Waals surface area contributed by atoms with Crippen LogP contribution in [0.3, 0.4) is 0 Å². The molecule has 0 spiro atoms. The van der Waals surface area contributed by atoms with Crippen LogP contribution >= 0.6 is 23.8 Å². The third-order valence-corrected chi connectivity index (χ3v) is 3.54. The molecule has 0 radical (unpaired) electrons. The lowest BCUT2D eigenvalue weighted by molar-refractivity contribution is 0.180. The molecule has 0 aromatic carbocycles. The number of fused-ring (bicyclic) bond motifs is 1. The van der Waals surface area contributed by atoms with Gasteiger partial charge in [-0.1, -0.05) is 18.8 Å². The molecule has 20 heavy (non-hydrogen) atoms. The molecule has 1 aromatic heterocycles. The number of allylic oxidation sites excluding steroid dienone is 1. The zero-order chi connectivity index (χ0) is 15.1.